The van der Waals surface area contributed by atoms with Gasteiger partial charge in [0, 0.05) is 32.0 Å². The van der Waals surface area contributed by atoms with E-state index in [4.69, 9.17) is 0 Å². The Morgan fingerprint density at radius 2 is 2.00 bits per heavy atom. The van der Waals surface area contributed by atoms with Crippen LogP contribution in [0.4, 0.5) is 10.1 Å². The topological polar surface area (TPSA) is 45.2 Å². The Hall–Kier alpha value is -2.43. The molecule has 3 rings (SSSR count). The zero-order valence-electron chi connectivity index (χ0n) is 13.0. The summed E-state index contributed by atoms with van der Waals surface area (Å²) in [6.45, 7) is 2.23. The number of pyridine rings is 1. The second-order valence-corrected chi connectivity index (χ2v) is 5.73. The lowest BCUT2D eigenvalue weighted by Gasteiger charge is -2.15. The summed E-state index contributed by atoms with van der Waals surface area (Å²) in [5, 5.41) is 3.21. The van der Waals surface area contributed by atoms with Crippen LogP contribution in [0.25, 0.3) is 0 Å². The average Bonchev–Trinajstić information content (AvgIpc) is 3.11. The third-order valence-corrected chi connectivity index (χ3v) is 4.06. The summed E-state index contributed by atoms with van der Waals surface area (Å²) in [6.07, 6.45) is 6.00. The fourth-order valence-electron chi connectivity index (χ4n) is 2.80. The van der Waals surface area contributed by atoms with Gasteiger partial charge in [0.25, 0.3) is 5.91 Å². The van der Waals surface area contributed by atoms with E-state index in [0.717, 1.165) is 31.6 Å². The number of hydrogen-bond donors (Lipinski definition) is 1. The summed E-state index contributed by atoms with van der Waals surface area (Å²) in [7, 11) is 0. The number of likely N-dealkylation sites (tertiary alicyclic amines) is 1. The first-order chi connectivity index (χ1) is 11.2. The first-order valence-electron chi connectivity index (χ1n) is 7.95. The Morgan fingerprint density at radius 3 is 2.78 bits per heavy atom. The number of halogens is 1. The van der Waals surface area contributed by atoms with E-state index in [1.54, 1.807) is 24.5 Å². The first-order valence-corrected chi connectivity index (χ1v) is 7.95. The smallest absolute Gasteiger partial charge is 0.255 e. The van der Waals surface area contributed by atoms with Gasteiger partial charge in [0.05, 0.1) is 11.3 Å². The Bertz CT molecular complexity index is 683. The highest BCUT2D eigenvalue weighted by Crippen LogP contribution is 2.15. The van der Waals surface area contributed by atoms with Crippen LogP contribution in [-0.2, 0) is 6.42 Å². The monoisotopic (exact) mass is 313 g/mol. The van der Waals surface area contributed by atoms with Gasteiger partial charge >= 0.3 is 0 Å². The van der Waals surface area contributed by atoms with Crippen LogP contribution in [0.2, 0.25) is 0 Å². The Morgan fingerprint density at radius 1 is 1.22 bits per heavy atom. The molecule has 1 aromatic heterocycles. The van der Waals surface area contributed by atoms with Gasteiger partial charge in [-0.05, 0) is 37.0 Å². The standard InChI is InChI=1S/C18H20FN3O/c19-17-6-2-1-5-14(17)7-8-21-16-11-15(12-20-13-16)18(23)22-9-3-4-10-22/h1-2,5-6,11-13,21H,3-4,7-10H2. The predicted molar refractivity (Wildman–Crippen MR) is 88.0 cm³/mol. The molecule has 2 heterocycles. The lowest BCUT2D eigenvalue weighted by Crippen LogP contribution is -2.27. The van der Waals surface area contributed by atoms with Gasteiger partial charge in [-0.2, -0.15) is 0 Å². The summed E-state index contributed by atoms with van der Waals surface area (Å²) >= 11 is 0. The Labute approximate surface area is 135 Å². The number of nitrogens with zero attached hydrogens (tertiary/aromatic N) is 2. The van der Waals surface area contributed by atoms with Gasteiger partial charge in [0.2, 0.25) is 0 Å². The number of carbonyl (C=O) groups excluding carboxylic acids is 1. The molecule has 5 heteroatoms. The molecule has 120 valence electrons. The second kappa shape index (κ2) is 7.22. The molecule has 1 aliphatic rings. The number of benzene rings is 1. The van der Waals surface area contributed by atoms with Crippen LogP contribution in [0.15, 0.2) is 42.7 Å². The molecule has 23 heavy (non-hydrogen) atoms. The number of amides is 1. The maximum absolute atomic E-state index is 13.6. The molecule has 0 bridgehead atoms. The Balaban J connectivity index is 1.59. The van der Waals surface area contributed by atoms with Crippen molar-refractivity contribution in [1.82, 2.24) is 9.88 Å². The fraction of sp³-hybridized carbons (Fsp3) is 0.333. The maximum atomic E-state index is 13.6. The normalized spacial score (nSPS) is 14.0. The Kier molecular flexibility index (Phi) is 4.86. The van der Waals surface area contributed by atoms with E-state index >= 15 is 0 Å². The summed E-state index contributed by atoms with van der Waals surface area (Å²) in [5.41, 5.74) is 2.06. The largest absolute Gasteiger partial charge is 0.383 e. The van der Waals surface area contributed by atoms with E-state index in [-0.39, 0.29) is 11.7 Å². The molecule has 1 N–H and O–H groups in total. The first kappa shape index (κ1) is 15.5. The minimum Gasteiger partial charge on any atom is -0.383 e. The van der Waals surface area contributed by atoms with Crippen molar-refractivity contribution in [3.63, 3.8) is 0 Å². The number of rotatable bonds is 5. The third kappa shape index (κ3) is 3.86. The predicted octanol–water partition coefficient (Wildman–Crippen LogP) is 3.11. The van der Waals surface area contributed by atoms with Crippen LogP contribution in [0.3, 0.4) is 0 Å². The second-order valence-electron chi connectivity index (χ2n) is 5.73. The molecule has 0 aliphatic carbocycles. The molecule has 2 aromatic rings. The van der Waals surface area contributed by atoms with Crippen molar-refractivity contribution in [3.05, 3.63) is 59.7 Å². The highest BCUT2D eigenvalue weighted by Gasteiger charge is 2.19. The van der Waals surface area contributed by atoms with Gasteiger partial charge in [-0.15, -0.1) is 0 Å². The van der Waals surface area contributed by atoms with Gasteiger partial charge in [-0.1, -0.05) is 18.2 Å². The molecule has 0 spiro atoms. The molecular weight excluding hydrogens is 293 g/mol. The van der Waals surface area contributed by atoms with Crippen molar-refractivity contribution in [3.8, 4) is 0 Å². The van der Waals surface area contributed by atoms with E-state index in [1.807, 2.05) is 17.0 Å². The fourth-order valence-corrected chi connectivity index (χ4v) is 2.80. The van der Waals surface area contributed by atoms with E-state index in [1.165, 1.54) is 6.07 Å². The number of aromatic nitrogens is 1. The van der Waals surface area contributed by atoms with Crippen LogP contribution in [0.5, 0.6) is 0 Å². The summed E-state index contributed by atoms with van der Waals surface area (Å²) in [5.74, 6) is -0.154. The van der Waals surface area contributed by atoms with Crippen LogP contribution in [0, 0.1) is 5.82 Å². The molecule has 0 saturated carbocycles. The lowest BCUT2D eigenvalue weighted by atomic mass is 10.1. The molecule has 0 unspecified atom stereocenters. The molecule has 1 aromatic carbocycles. The quantitative estimate of drug-likeness (QED) is 0.922. The van der Waals surface area contributed by atoms with E-state index in [9.17, 15) is 9.18 Å². The van der Waals surface area contributed by atoms with Crippen molar-refractivity contribution in [2.45, 2.75) is 19.3 Å². The zero-order valence-corrected chi connectivity index (χ0v) is 13.0. The summed E-state index contributed by atoms with van der Waals surface area (Å²) in [6, 6.07) is 8.57. The van der Waals surface area contributed by atoms with Gasteiger partial charge in [-0.3, -0.25) is 9.78 Å². The van der Waals surface area contributed by atoms with Crippen LogP contribution < -0.4 is 5.32 Å². The van der Waals surface area contributed by atoms with Crippen molar-refractivity contribution in [2.75, 3.05) is 25.0 Å². The average molecular weight is 313 g/mol. The number of nitrogens with one attached hydrogen (secondary N) is 1. The SMILES string of the molecule is O=C(c1cncc(NCCc2ccccc2F)c1)N1CCCC1. The highest BCUT2D eigenvalue weighted by molar-refractivity contribution is 5.94. The maximum Gasteiger partial charge on any atom is 0.255 e. The minimum absolute atomic E-state index is 0.0350. The molecule has 1 fully saturated rings. The summed E-state index contributed by atoms with van der Waals surface area (Å²) in [4.78, 5) is 18.3. The van der Waals surface area contributed by atoms with Crippen molar-refractivity contribution < 1.29 is 9.18 Å². The van der Waals surface area contributed by atoms with Gasteiger partial charge in [0.1, 0.15) is 5.82 Å². The minimum atomic E-state index is -0.189. The number of anilines is 1. The van der Waals surface area contributed by atoms with Crippen molar-refractivity contribution in [1.29, 1.82) is 0 Å². The highest BCUT2D eigenvalue weighted by atomic mass is 19.1. The van der Waals surface area contributed by atoms with E-state index in [2.05, 4.69) is 10.3 Å². The third-order valence-electron chi connectivity index (χ3n) is 4.06. The molecule has 1 saturated heterocycles. The van der Waals surface area contributed by atoms with Gasteiger partial charge < -0.3 is 10.2 Å². The van der Waals surface area contributed by atoms with E-state index < -0.39 is 0 Å². The molecule has 1 aliphatic heterocycles. The van der Waals surface area contributed by atoms with E-state index in [0.29, 0.717) is 24.1 Å². The van der Waals surface area contributed by atoms with Gasteiger partial charge in [-0.25, -0.2) is 4.39 Å². The molecule has 0 radical (unpaired) electrons. The van der Waals surface area contributed by atoms with Crippen LogP contribution >= 0.6 is 0 Å². The van der Waals surface area contributed by atoms with Gasteiger partial charge in [0.15, 0.2) is 0 Å². The molecule has 1 amide bonds. The number of carbonyl (C=O) groups is 1. The van der Waals surface area contributed by atoms with Crippen molar-refractivity contribution >= 4 is 11.6 Å². The van der Waals surface area contributed by atoms with Crippen LogP contribution in [0.1, 0.15) is 28.8 Å². The zero-order chi connectivity index (χ0) is 16.1. The molecular formula is C18H20FN3O. The van der Waals surface area contributed by atoms with Crippen LogP contribution in [-0.4, -0.2) is 35.4 Å². The lowest BCUT2D eigenvalue weighted by molar-refractivity contribution is 0.0792. The van der Waals surface area contributed by atoms with Crippen molar-refractivity contribution in [2.24, 2.45) is 0 Å². The number of hydrogen-bond acceptors (Lipinski definition) is 3. The molecule has 4 nitrogen and oxygen atoms in total. The molecule has 0 atom stereocenters. The summed E-state index contributed by atoms with van der Waals surface area (Å²) < 4.78 is 13.6.